The van der Waals surface area contributed by atoms with Gasteiger partial charge in [-0.2, -0.15) is 11.8 Å². The third kappa shape index (κ3) is 3.35. The fraction of sp³-hybridized carbons (Fsp3) is 0.667. The summed E-state index contributed by atoms with van der Waals surface area (Å²) in [6, 6.07) is 0. The van der Waals surface area contributed by atoms with Crippen LogP contribution in [0.2, 0.25) is 0 Å². The molecule has 1 amide bonds. The molecular weight excluding hydrogens is 298 g/mol. The van der Waals surface area contributed by atoms with Crippen molar-refractivity contribution in [3.8, 4) is 0 Å². The minimum absolute atomic E-state index is 0.166. The van der Waals surface area contributed by atoms with Gasteiger partial charge < -0.3 is 15.1 Å². The average molecular weight is 321 g/mol. The molecule has 0 bridgehead atoms. The Morgan fingerprint density at radius 3 is 2.77 bits per heavy atom. The Morgan fingerprint density at radius 1 is 1.23 bits per heavy atom. The standard InChI is InChI=1S/C15H23N5OS/c1-16-10-14(21)19-4-2-12-13(3-5-19)17-11-18-15(12)20-6-8-22-9-7-20/h11,16H,2-10H2,1H3. The number of fused-ring (bicyclic) bond motifs is 1. The first-order valence-electron chi connectivity index (χ1n) is 7.87. The molecule has 0 saturated carbocycles. The normalized spacial score (nSPS) is 18.8. The Labute approximate surface area is 135 Å². The Balaban J connectivity index is 1.78. The van der Waals surface area contributed by atoms with Crippen LogP contribution in [0.3, 0.4) is 0 Å². The molecule has 6 nitrogen and oxygen atoms in total. The fourth-order valence-corrected chi connectivity index (χ4v) is 3.97. The Kier molecular flexibility index (Phi) is 5.15. The maximum Gasteiger partial charge on any atom is 0.236 e. The molecule has 0 unspecified atom stereocenters. The van der Waals surface area contributed by atoms with Crippen LogP contribution in [0.5, 0.6) is 0 Å². The summed E-state index contributed by atoms with van der Waals surface area (Å²) in [4.78, 5) is 25.4. The van der Waals surface area contributed by atoms with Crippen molar-refractivity contribution in [2.75, 3.05) is 56.2 Å². The number of amides is 1. The largest absolute Gasteiger partial charge is 0.355 e. The Bertz CT molecular complexity index is 533. The zero-order valence-electron chi connectivity index (χ0n) is 13.0. The summed E-state index contributed by atoms with van der Waals surface area (Å²) in [6.07, 6.45) is 3.36. The van der Waals surface area contributed by atoms with Crippen LogP contribution < -0.4 is 10.2 Å². The topological polar surface area (TPSA) is 61.4 Å². The van der Waals surface area contributed by atoms with E-state index in [1.54, 1.807) is 6.33 Å². The van der Waals surface area contributed by atoms with Crippen molar-refractivity contribution < 1.29 is 4.79 Å². The van der Waals surface area contributed by atoms with E-state index in [1.165, 1.54) is 5.56 Å². The van der Waals surface area contributed by atoms with Crippen LogP contribution in [0.4, 0.5) is 5.82 Å². The van der Waals surface area contributed by atoms with Crippen LogP contribution in [0.25, 0.3) is 0 Å². The van der Waals surface area contributed by atoms with E-state index in [-0.39, 0.29) is 5.91 Å². The summed E-state index contributed by atoms with van der Waals surface area (Å²) < 4.78 is 0. The van der Waals surface area contributed by atoms with Gasteiger partial charge in [-0.3, -0.25) is 4.79 Å². The van der Waals surface area contributed by atoms with Gasteiger partial charge >= 0.3 is 0 Å². The van der Waals surface area contributed by atoms with Crippen molar-refractivity contribution in [2.24, 2.45) is 0 Å². The summed E-state index contributed by atoms with van der Waals surface area (Å²) >= 11 is 2.00. The summed E-state index contributed by atoms with van der Waals surface area (Å²) in [5.41, 5.74) is 2.36. The van der Waals surface area contributed by atoms with Crippen molar-refractivity contribution in [3.63, 3.8) is 0 Å². The first kappa shape index (κ1) is 15.6. The fourth-order valence-electron chi connectivity index (χ4n) is 3.07. The number of likely N-dealkylation sites (N-methyl/N-ethyl adjacent to an activating group) is 1. The molecule has 1 aromatic rings. The van der Waals surface area contributed by atoms with Crippen LogP contribution in [0.15, 0.2) is 6.33 Å². The minimum atomic E-state index is 0.166. The van der Waals surface area contributed by atoms with Gasteiger partial charge in [0.05, 0.1) is 12.2 Å². The number of anilines is 1. The predicted molar refractivity (Wildman–Crippen MR) is 89.5 cm³/mol. The predicted octanol–water partition coefficient (Wildman–Crippen LogP) is 0.176. The molecule has 1 aromatic heterocycles. The van der Waals surface area contributed by atoms with E-state index in [2.05, 4.69) is 20.2 Å². The quantitative estimate of drug-likeness (QED) is 0.857. The second-order valence-corrected chi connectivity index (χ2v) is 6.86. The van der Waals surface area contributed by atoms with E-state index in [0.29, 0.717) is 6.54 Å². The van der Waals surface area contributed by atoms with Crippen LogP contribution in [0, 0.1) is 0 Å². The zero-order chi connectivity index (χ0) is 15.4. The van der Waals surface area contributed by atoms with Crippen LogP contribution >= 0.6 is 11.8 Å². The second-order valence-electron chi connectivity index (χ2n) is 5.63. The monoisotopic (exact) mass is 321 g/mol. The number of rotatable bonds is 3. The molecule has 3 rings (SSSR count). The first-order chi connectivity index (χ1) is 10.8. The van der Waals surface area contributed by atoms with Crippen LogP contribution in [0.1, 0.15) is 11.3 Å². The van der Waals surface area contributed by atoms with Gasteiger partial charge in [-0.25, -0.2) is 9.97 Å². The van der Waals surface area contributed by atoms with E-state index < -0.39 is 0 Å². The van der Waals surface area contributed by atoms with Gasteiger partial charge in [0.25, 0.3) is 0 Å². The molecule has 0 aromatic carbocycles. The van der Waals surface area contributed by atoms with Gasteiger partial charge in [0.15, 0.2) is 0 Å². The van der Waals surface area contributed by atoms with Crippen molar-refractivity contribution >= 4 is 23.5 Å². The highest BCUT2D eigenvalue weighted by Gasteiger charge is 2.24. The number of nitrogens with one attached hydrogen (secondary N) is 1. The molecule has 1 N–H and O–H groups in total. The van der Waals surface area contributed by atoms with Crippen molar-refractivity contribution in [1.82, 2.24) is 20.2 Å². The summed E-state index contributed by atoms with van der Waals surface area (Å²) in [5, 5.41) is 2.94. The van der Waals surface area contributed by atoms with Gasteiger partial charge in [0.1, 0.15) is 12.1 Å². The molecule has 2 aliphatic heterocycles. The number of nitrogens with zero attached hydrogens (tertiary/aromatic N) is 4. The Morgan fingerprint density at radius 2 is 2.00 bits per heavy atom. The van der Waals surface area contributed by atoms with E-state index in [0.717, 1.165) is 62.0 Å². The number of hydrogen-bond donors (Lipinski definition) is 1. The number of thioether (sulfide) groups is 1. The number of hydrogen-bond acceptors (Lipinski definition) is 6. The van der Waals surface area contributed by atoms with E-state index in [9.17, 15) is 4.79 Å². The van der Waals surface area contributed by atoms with E-state index in [1.807, 2.05) is 23.7 Å². The van der Waals surface area contributed by atoms with Gasteiger partial charge in [0, 0.05) is 49.7 Å². The van der Waals surface area contributed by atoms with Gasteiger partial charge in [0.2, 0.25) is 5.91 Å². The summed E-state index contributed by atoms with van der Waals surface area (Å²) in [6.45, 7) is 4.02. The maximum atomic E-state index is 12.1. The molecule has 7 heteroatoms. The zero-order valence-corrected chi connectivity index (χ0v) is 13.9. The van der Waals surface area contributed by atoms with Crippen molar-refractivity contribution in [1.29, 1.82) is 0 Å². The third-order valence-electron chi connectivity index (χ3n) is 4.25. The van der Waals surface area contributed by atoms with E-state index >= 15 is 0 Å². The number of carbonyl (C=O) groups is 1. The molecule has 3 heterocycles. The lowest BCUT2D eigenvalue weighted by Crippen LogP contribution is -2.38. The molecule has 2 aliphatic rings. The molecule has 22 heavy (non-hydrogen) atoms. The number of aromatic nitrogens is 2. The smallest absolute Gasteiger partial charge is 0.236 e. The first-order valence-corrected chi connectivity index (χ1v) is 9.03. The SMILES string of the molecule is CNCC(=O)N1CCc2ncnc(N3CCSCC3)c2CC1. The maximum absolute atomic E-state index is 12.1. The summed E-state index contributed by atoms with van der Waals surface area (Å²) in [7, 11) is 1.81. The molecule has 0 aliphatic carbocycles. The lowest BCUT2D eigenvalue weighted by atomic mass is 10.1. The molecule has 0 radical (unpaired) electrons. The highest BCUT2D eigenvalue weighted by Crippen LogP contribution is 2.25. The molecule has 120 valence electrons. The van der Waals surface area contributed by atoms with Crippen LogP contribution in [-0.4, -0.2) is 72.1 Å². The second kappa shape index (κ2) is 7.28. The van der Waals surface area contributed by atoms with Gasteiger partial charge in [-0.15, -0.1) is 0 Å². The van der Waals surface area contributed by atoms with Crippen molar-refractivity contribution in [2.45, 2.75) is 12.8 Å². The average Bonchev–Trinajstić information content (AvgIpc) is 2.78. The number of carbonyl (C=O) groups excluding carboxylic acids is 1. The van der Waals surface area contributed by atoms with Crippen molar-refractivity contribution in [3.05, 3.63) is 17.6 Å². The highest BCUT2D eigenvalue weighted by molar-refractivity contribution is 7.99. The molecule has 0 spiro atoms. The lowest BCUT2D eigenvalue weighted by Gasteiger charge is -2.29. The molecule has 1 saturated heterocycles. The minimum Gasteiger partial charge on any atom is -0.355 e. The third-order valence-corrected chi connectivity index (χ3v) is 5.20. The lowest BCUT2D eigenvalue weighted by molar-refractivity contribution is -0.130. The van der Waals surface area contributed by atoms with Gasteiger partial charge in [-0.1, -0.05) is 0 Å². The molecule has 0 atom stereocenters. The van der Waals surface area contributed by atoms with Crippen LogP contribution in [-0.2, 0) is 17.6 Å². The molecular formula is C15H23N5OS. The van der Waals surface area contributed by atoms with E-state index in [4.69, 9.17) is 0 Å². The molecule has 1 fully saturated rings. The van der Waals surface area contributed by atoms with Gasteiger partial charge in [-0.05, 0) is 13.5 Å². The highest BCUT2D eigenvalue weighted by atomic mass is 32.2. The Hall–Kier alpha value is -1.34. The summed E-state index contributed by atoms with van der Waals surface area (Å²) in [5.74, 6) is 3.57.